The predicted octanol–water partition coefficient (Wildman–Crippen LogP) is 1.83. The minimum atomic E-state index is -0.341. The number of piperidine rings is 1. The molecule has 4 rings (SSSR count). The molecule has 1 aromatic carbocycles. The number of aromatic nitrogens is 4. The first-order chi connectivity index (χ1) is 12.6. The van der Waals surface area contributed by atoms with Gasteiger partial charge in [0.25, 0.3) is 0 Å². The molecule has 0 aliphatic carbocycles. The van der Waals surface area contributed by atoms with Crippen LogP contribution in [0.5, 0.6) is 0 Å². The van der Waals surface area contributed by atoms with Crippen molar-refractivity contribution in [2.75, 3.05) is 13.1 Å². The van der Waals surface area contributed by atoms with Crippen molar-refractivity contribution in [2.24, 2.45) is 0 Å². The summed E-state index contributed by atoms with van der Waals surface area (Å²) in [7, 11) is 0. The fourth-order valence-corrected chi connectivity index (χ4v) is 3.71. The molecule has 0 saturated carbocycles. The van der Waals surface area contributed by atoms with E-state index in [2.05, 4.69) is 15.0 Å². The number of nitrogens with one attached hydrogen (secondary N) is 1. The molecule has 2 aromatic heterocycles. The number of imidazole rings is 1. The quantitative estimate of drug-likeness (QED) is 0.780. The second-order valence-corrected chi connectivity index (χ2v) is 6.74. The van der Waals surface area contributed by atoms with Crippen molar-refractivity contribution in [1.29, 1.82) is 0 Å². The van der Waals surface area contributed by atoms with Crippen LogP contribution in [0.2, 0.25) is 0 Å². The van der Waals surface area contributed by atoms with Crippen LogP contribution >= 0.6 is 0 Å². The third-order valence-electron chi connectivity index (χ3n) is 5.05. The number of rotatable bonds is 3. The molecule has 7 nitrogen and oxygen atoms in total. The molecule has 0 spiro atoms. The van der Waals surface area contributed by atoms with Gasteiger partial charge < -0.3 is 14.5 Å². The Balaban J connectivity index is 1.52. The summed E-state index contributed by atoms with van der Waals surface area (Å²) in [5.41, 5.74) is 2.40. The van der Waals surface area contributed by atoms with E-state index in [1.54, 1.807) is 0 Å². The van der Waals surface area contributed by atoms with Gasteiger partial charge in [-0.15, -0.1) is 0 Å². The zero-order valence-corrected chi connectivity index (χ0v) is 14.7. The third kappa shape index (κ3) is 3.12. The summed E-state index contributed by atoms with van der Waals surface area (Å²) in [6.07, 6.45) is 3.40. The van der Waals surface area contributed by atoms with Crippen LogP contribution in [0.4, 0.5) is 0 Å². The van der Waals surface area contributed by atoms with Crippen LogP contribution in [0.25, 0.3) is 11.0 Å². The summed E-state index contributed by atoms with van der Waals surface area (Å²) in [6, 6.07) is 9.68. The highest BCUT2D eigenvalue weighted by atomic mass is 16.2. The lowest BCUT2D eigenvalue weighted by molar-refractivity contribution is -0.133. The van der Waals surface area contributed by atoms with Gasteiger partial charge in [-0.05, 0) is 38.0 Å². The summed E-state index contributed by atoms with van der Waals surface area (Å²) in [4.78, 5) is 37.3. The number of para-hydroxylation sites is 2. The number of hydrogen-bond donors (Lipinski definition) is 1. The summed E-state index contributed by atoms with van der Waals surface area (Å²) < 4.78 is 1.97. The molecule has 1 aliphatic rings. The van der Waals surface area contributed by atoms with Crippen molar-refractivity contribution >= 4 is 16.9 Å². The summed E-state index contributed by atoms with van der Waals surface area (Å²) in [5, 5.41) is 0. The maximum absolute atomic E-state index is 12.9. The van der Waals surface area contributed by atoms with Gasteiger partial charge in [-0.1, -0.05) is 12.1 Å². The number of fused-ring (bicyclic) bond motifs is 1. The fraction of sp³-hybridized carbons (Fsp3) is 0.368. The van der Waals surface area contributed by atoms with Gasteiger partial charge in [-0.2, -0.15) is 0 Å². The van der Waals surface area contributed by atoms with Crippen molar-refractivity contribution in [3.05, 3.63) is 58.5 Å². The SMILES string of the molecule is Cc1nc2ccccc2n1CC(=O)N1CCC[C@H](c2ccnc(=O)[nH]2)C1. The predicted molar refractivity (Wildman–Crippen MR) is 97.9 cm³/mol. The number of carbonyl (C=O) groups is 1. The van der Waals surface area contributed by atoms with E-state index in [0.29, 0.717) is 6.54 Å². The highest BCUT2D eigenvalue weighted by Gasteiger charge is 2.26. The Morgan fingerprint density at radius 1 is 1.31 bits per heavy atom. The molecule has 1 amide bonds. The van der Waals surface area contributed by atoms with E-state index in [0.717, 1.165) is 41.9 Å². The lowest BCUT2D eigenvalue weighted by Crippen LogP contribution is -2.41. The molecule has 26 heavy (non-hydrogen) atoms. The van der Waals surface area contributed by atoms with Gasteiger partial charge in [0.15, 0.2) is 0 Å². The molecular weight excluding hydrogens is 330 g/mol. The normalized spacial score (nSPS) is 17.6. The molecule has 1 N–H and O–H groups in total. The van der Waals surface area contributed by atoms with Crippen LogP contribution in [0.15, 0.2) is 41.3 Å². The molecule has 0 unspecified atom stereocenters. The van der Waals surface area contributed by atoms with E-state index < -0.39 is 0 Å². The van der Waals surface area contributed by atoms with Crippen molar-refractivity contribution in [2.45, 2.75) is 32.2 Å². The van der Waals surface area contributed by atoms with Gasteiger partial charge >= 0.3 is 5.69 Å². The number of hydrogen-bond acceptors (Lipinski definition) is 4. The van der Waals surface area contributed by atoms with E-state index in [9.17, 15) is 9.59 Å². The number of aromatic amines is 1. The molecule has 1 atom stereocenters. The first-order valence-corrected chi connectivity index (χ1v) is 8.86. The van der Waals surface area contributed by atoms with Crippen LogP contribution in [0.1, 0.15) is 30.3 Å². The zero-order valence-electron chi connectivity index (χ0n) is 14.7. The largest absolute Gasteiger partial charge is 0.345 e. The topological polar surface area (TPSA) is 83.9 Å². The van der Waals surface area contributed by atoms with Gasteiger partial charge in [-0.3, -0.25) is 4.79 Å². The Kier molecular flexibility index (Phi) is 4.28. The zero-order chi connectivity index (χ0) is 18.1. The number of nitrogens with zero attached hydrogens (tertiary/aromatic N) is 4. The molecule has 1 saturated heterocycles. The summed E-state index contributed by atoms with van der Waals surface area (Å²) in [6.45, 7) is 3.57. The minimum absolute atomic E-state index is 0.0809. The van der Waals surface area contributed by atoms with E-state index in [1.165, 1.54) is 6.20 Å². The fourth-order valence-electron chi connectivity index (χ4n) is 3.71. The van der Waals surface area contributed by atoms with Crippen LogP contribution in [-0.2, 0) is 11.3 Å². The van der Waals surface area contributed by atoms with Gasteiger partial charge in [-0.25, -0.2) is 14.8 Å². The van der Waals surface area contributed by atoms with E-state index in [-0.39, 0.29) is 24.1 Å². The highest BCUT2D eigenvalue weighted by molar-refractivity contribution is 5.81. The molecular formula is C19H21N5O2. The van der Waals surface area contributed by atoms with Crippen molar-refractivity contribution in [3.8, 4) is 0 Å². The van der Waals surface area contributed by atoms with Crippen LogP contribution < -0.4 is 5.69 Å². The summed E-state index contributed by atoms with van der Waals surface area (Å²) >= 11 is 0. The molecule has 1 aliphatic heterocycles. The number of carbonyl (C=O) groups excluding carboxylic acids is 1. The first kappa shape index (κ1) is 16.5. The van der Waals surface area contributed by atoms with Crippen LogP contribution in [0.3, 0.4) is 0 Å². The number of likely N-dealkylation sites (tertiary alicyclic amines) is 1. The second-order valence-electron chi connectivity index (χ2n) is 6.74. The average molecular weight is 351 g/mol. The molecule has 134 valence electrons. The molecule has 0 radical (unpaired) electrons. The van der Waals surface area contributed by atoms with Gasteiger partial charge in [0, 0.05) is 30.9 Å². The van der Waals surface area contributed by atoms with E-state index in [1.807, 2.05) is 46.7 Å². The lowest BCUT2D eigenvalue weighted by Gasteiger charge is -2.33. The maximum atomic E-state index is 12.9. The highest BCUT2D eigenvalue weighted by Crippen LogP contribution is 2.25. The van der Waals surface area contributed by atoms with Gasteiger partial charge in [0.2, 0.25) is 5.91 Å². The maximum Gasteiger partial charge on any atom is 0.345 e. The van der Waals surface area contributed by atoms with Crippen molar-refractivity contribution in [1.82, 2.24) is 24.4 Å². The molecule has 0 bridgehead atoms. The Morgan fingerprint density at radius 3 is 3.00 bits per heavy atom. The van der Waals surface area contributed by atoms with Gasteiger partial charge in [0.1, 0.15) is 12.4 Å². The smallest absolute Gasteiger partial charge is 0.340 e. The van der Waals surface area contributed by atoms with Gasteiger partial charge in [0.05, 0.1) is 11.0 Å². The lowest BCUT2D eigenvalue weighted by atomic mass is 9.94. The van der Waals surface area contributed by atoms with Crippen LogP contribution in [-0.4, -0.2) is 43.4 Å². The van der Waals surface area contributed by atoms with E-state index in [4.69, 9.17) is 0 Å². The number of amides is 1. The number of H-pyrrole nitrogens is 1. The Hall–Kier alpha value is -2.96. The minimum Gasteiger partial charge on any atom is -0.340 e. The Bertz CT molecular complexity index is 1010. The average Bonchev–Trinajstić information content (AvgIpc) is 2.97. The van der Waals surface area contributed by atoms with Crippen molar-refractivity contribution in [3.63, 3.8) is 0 Å². The van der Waals surface area contributed by atoms with Crippen LogP contribution in [0, 0.1) is 6.92 Å². The molecule has 3 heterocycles. The molecule has 7 heteroatoms. The third-order valence-corrected chi connectivity index (χ3v) is 5.05. The standard InChI is InChI=1S/C19H21N5O2/c1-13-21-16-6-2-3-7-17(16)24(13)12-18(25)23-10-4-5-14(11-23)15-8-9-20-19(26)22-15/h2-3,6-9,14H,4-5,10-12H2,1H3,(H,20,22,26)/t14-/m0/s1. The first-order valence-electron chi connectivity index (χ1n) is 8.86. The van der Waals surface area contributed by atoms with E-state index >= 15 is 0 Å². The molecule has 3 aromatic rings. The number of aryl methyl sites for hydroxylation is 1. The summed E-state index contributed by atoms with van der Waals surface area (Å²) in [5.74, 6) is 1.06. The second kappa shape index (κ2) is 6.74. The van der Waals surface area contributed by atoms with Crippen molar-refractivity contribution < 1.29 is 4.79 Å². The molecule has 1 fully saturated rings. The monoisotopic (exact) mass is 351 g/mol. The Labute approximate surface area is 150 Å². The number of benzene rings is 1. The Morgan fingerprint density at radius 2 is 2.15 bits per heavy atom.